The Bertz CT molecular complexity index is 281. The highest BCUT2D eigenvalue weighted by Crippen LogP contribution is 2.17. The molecule has 0 amide bonds. The number of hydrogen-bond donors (Lipinski definition) is 0. The lowest BCUT2D eigenvalue weighted by Crippen LogP contribution is -2.03. The zero-order valence-electron chi connectivity index (χ0n) is 10.6. The first kappa shape index (κ1) is 13.9. The first-order valence-electron chi connectivity index (χ1n) is 6.65. The van der Waals surface area contributed by atoms with Gasteiger partial charge in [-0.25, -0.2) is 0 Å². The molecular weight excluding hydrogens is 216 g/mol. The van der Waals surface area contributed by atoms with Crippen molar-refractivity contribution in [2.24, 2.45) is 5.92 Å². The average molecular weight is 238 g/mol. The summed E-state index contributed by atoms with van der Waals surface area (Å²) in [6.07, 6.45) is 12.7. The van der Waals surface area contributed by atoms with E-state index in [9.17, 15) is 9.59 Å². The maximum atomic E-state index is 11.1. The second kappa shape index (κ2) is 8.04. The fourth-order valence-electron chi connectivity index (χ4n) is 1.94. The van der Waals surface area contributed by atoms with Crippen molar-refractivity contribution in [1.29, 1.82) is 0 Å². The molecule has 0 aromatic carbocycles. The summed E-state index contributed by atoms with van der Waals surface area (Å²) in [5.74, 6) is -1.12. The number of carbonyl (C=O) groups is 2. The molecule has 1 unspecified atom stereocenters. The van der Waals surface area contributed by atoms with Crippen molar-refractivity contribution in [3.05, 3.63) is 12.2 Å². The highest BCUT2D eigenvalue weighted by Gasteiger charge is 2.30. The first-order valence-corrected chi connectivity index (χ1v) is 6.65. The third-order valence-electron chi connectivity index (χ3n) is 3.00. The lowest BCUT2D eigenvalue weighted by Gasteiger charge is -1.98. The van der Waals surface area contributed by atoms with Crippen LogP contribution in [0, 0.1) is 5.92 Å². The Hall–Kier alpha value is -1.12. The van der Waals surface area contributed by atoms with E-state index in [-0.39, 0.29) is 12.3 Å². The largest absolute Gasteiger partial charge is 0.393 e. The summed E-state index contributed by atoms with van der Waals surface area (Å²) >= 11 is 0. The molecule has 0 aromatic heterocycles. The molecule has 1 aliphatic heterocycles. The van der Waals surface area contributed by atoms with Crippen molar-refractivity contribution in [3.63, 3.8) is 0 Å². The molecule has 0 aromatic rings. The second-order valence-electron chi connectivity index (χ2n) is 4.59. The maximum absolute atomic E-state index is 11.1. The molecule has 3 nitrogen and oxygen atoms in total. The van der Waals surface area contributed by atoms with E-state index in [1.54, 1.807) is 0 Å². The van der Waals surface area contributed by atoms with Gasteiger partial charge >= 0.3 is 11.9 Å². The van der Waals surface area contributed by atoms with Crippen LogP contribution in [0.15, 0.2) is 12.2 Å². The van der Waals surface area contributed by atoms with Gasteiger partial charge in [-0.1, -0.05) is 51.2 Å². The smallest absolute Gasteiger partial charge is 0.321 e. The van der Waals surface area contributed by atoms with Crippen LogP contribution in [0.2, 0.25) is 0 Å². The molecule has 0 spiro atoms. The number of rotatable bonds is 8. The molecule has 1 atom stereocenters. The number of unbranched alkanes of at least 4 members (excludes halogenated alkanes) is 6. The van der Waals surface area contributed by atoms with Crippen LogP contribution in [0.3, 0.4) is 0 Å². The fraction of sp³-hybridized carbons (Fsp3) is 0.714. The molecule has 1 saturated heterocycles. The number of cyclic esters (lactones) is 2. The molecule has 0 radical (unpaired) electrons. The third-order valence-corrected chi connectivity index (χ3v) is 3.00. The van der Waals surface area contributed by atoms with Crippen molar-refractivity contribution in [1.82, 2.24) is 0 Å². The Morgan fingerprint density at radius 1 is 1.18 bits per heavy atom. The van der Waals surface area contributed by atoms with E-state index in [1.807, 2.05) is 12.2 Å². The average Bonchev–Trinajstić information content (AvgIpc) is 2.61. The van der Waals surface area contributed by atoms with Gasteiger partial charge in [0.15, 0.2) is 0 Å². The van der Waals surface area contributed by atoms with Gasteiger partial charge in [0.05, 0.1) is 12.3 Å². The summed E-state index contributed by atoms with van der Waals surface area (Å²) in [6.45, 7) is 2.21. The number of ether oxygens (including phenoxy) is 1. The number of esters is 2. The highest BCUT2D eigenvalue weighted by atomic mass is 16.6. The normalized spacial score (nSPS) is 20.2. The van der Waals surface area contributed by atoms with Gasteiger partial charge in [-0.3, -0.25) is 9.59 Å². The van der Waals surface area contributed by atoms with Crippen molar-refractivity contribution in [2.45, 2.75) is 58.3 Å². The molecule has 3 heteroatoms. The lowest BCUT2D eigenvalue weighted by molar-refractivity contribution is -0.152. The SMILES string of the molecule is CCCCCCCC/C=C/C1CC(=O)OC1=O. The van der Waals surface area contributed by atoms with Gasteiger partial charge in [-0.2, -0.15) is 0 Å². The van der Waals surface area contributed by atoms with Gasteiger partial charge in [-0.05, 0) is 12.8 Å². The predicted octanol–water partition coefficient (Wildman–Crippen LogP) is 3.38. The minimum absolute atomic E-state index is 0.214. The number of carbonyl (C=O) groups excluding carboxylic acids is 2. The third kappa shape index (κ3) is 5.66. The van der Waals surface area contributed by atoms with Gasteiger partial charge in [0.1, 0.15) is 0 Å². The predicted molar refractivity (Wildman–Crippen MR) is 66.3 cm³/mol. The van der Waals surface area contributed by atoms with Gasteiger partial charge in [0.2, 0.25) is 0 Å². The summed E-state index contributed by atoms with van der Waals surface area (Å²) in [6, 6.07) is 0. The standard InChI is InChI=1S/C14H22O3/c1-2-3-4-5-6-7-8-9-10-12-11-13(15)17-14(12)16/h9-10,12H,2-8,11H2,1H3/b10-9+. The Morgan fingerprint density at radius 3 is 2.53 bits per heavy atom. The topological polar surface area (TPSA) is 43.4 Å². The zero-order valence-corrected chi connectivity index (χ0v) is 10.6. The zero-order chi connectivity index (χ0) is 12.5. The minimum atomic E-state index is -0.399. The van der Waals surface area contributed by atoms with Crippen molar-refractivity contribution in [3.8, 4) is 0 Å². The molecule has 1 rings (SSSR count). The van der Waals surface area contributed by atoms with E-state index in [0.29, 0.717) is 0 Å². The summed E-state index contributed by atoms with van der Waals surface area (Å²) in [4.78, 5) is 22.0. The lowest BCUT2D eigenvalue weighted by atomic mass is 10.1. The van der Waals surface area contributed by atoms with E-state index in [0.717, 1.165) is 12.8 Å². The first-order chi connectivity index (χ1) is 8.24. The number of hydrogen-bond acceptors (Lipinski definition) is 3. The Morgan fingerprint density at radius 2 is 1.88 bits per heavy atom. The molecule has 17 heavy (non-hydrogen) atoms. The van der Waals surface area contributed by atoms with E-state index in [1.165, 1.54) is 32.1 Å². The van der Waals surface area contributed by atoms with Crippen LogP contribution in [0.5, 0.6) is 0 Å². The van der Waals surface area contributed by atoms with E-state index in [2.05, 4.69) is 11.7 Å². The molecule has 1 heterocycles. The molecule has 0 aliphatic carbocycles. The molecule has 1 aliphatic rings. The van der Waals surface area contributed by atoms with E-state index >= 15 is 0 Å². The molecular formula is C14H22O3. The Kier molecular flexibility index (Phi) is 6.60. The van der Waals surface area contributed by atoms with Crippen LogP contribution < -0.4 is 0 Å². The van der Waals surface area contributed by atoms with Crippen LogP contribution in [-0.2, 0) is 14.3 Å². The maximum Gasteiger partial charge on any atom is 0.321 e. The van der Waals surface area contributed by atoms with Gasteiger partial charge < -0.3 is 4.74 Å². The van der Waals surface area contributed by atoms with Crippen molar-refractivity contribution in [2.75, 3.05) is 0 Å². The summed E-state index contributed by atoms with van der Waals surface area (Å²) in [5.41, 5.74) is 0. The van der Waals surface area contributed by atoms with Crippen molar-refractivity contribution < 1.29 is 14.3 Å². The molecule has 0 N–H and O–H groups in total. The number of allylic oxidation sites excluding steroid dienone is 1. The van der Waals surface area contributed by atoms with E-state index in [4.69, 9.17) is 0 Å². The van der Waals surface area contributed by atoms with Crippen molar-refractivity contribution >= 4 is 11.9 Å². The van der Waals surface area contributed by atoms with Crippen LogP contribution in [-0.4, -0.2) is 11.9 Å². The Labute approximate surface area is 103 Å². The van der Waals surface area contributed by atoms with Crippen LogP contribution in [0.4, 0.5) is 0 Å². The quantitative estimate of drug-likeness (QED) is 0.282. The van der Waals surface area contributed by atoms with E-state index < -0.39 is 11.9 Å². The highest BCUT2D eigenvalue weighted by molar-refractivity contribution is 5.95. The van der Waals surface area contributed by atoms with Gasteiger partial charge in [0.25, 0.3) is 0 Å². The second-order valence-corrected chi connectivity index (χ2v) is 4.59. The summed E-state index contributed by atoms with van der Waals surface area (Å²) in [7, 11) is 0. The van der Waals surface area contributed by atoms with Crippen LogP contribution in [0.25, 0.3) is 0 Å². The van der Waals surface area contributed by atoms with Gasteiger partial charge in [0, 0.05) is 0 Å². The monoisotopic (exact) mass is 238 g/mol. The van der Waals surface area contributed by atoms with Crippen LogP contribution >= 0.6 is 0 Å². The van der Waals surface area contributed by atoms with Gasteiger partial charge in [-0.15, -0.1) is 0 Å². The molecule has 96 valence electrons. The fourth-order valence-corrected chi connectivity index (χ4v) is 1.94. The summed E-state index contributed by atoms with van der Waals surface area (Å²) < 4.78 is 4.47. The molecule has 0 saturated carbocycles. The van der Waals surface area contributed by atoms with Crippen LogP contribution in [0.1, 0.15) is 58.3 Å². The molecule has 1 fully saturated rings. The molecule has 0 bridgehead atoms. The summed E-state index contributed by atoms with van der Waals surface area (Å²) in [5, 5.41) is 0. The Balaban J connectivity index is 2.02. The minimum Gasteiger partial charge on any atom is -0.393 e.